The van der Waals surface area contributed by atoms with E-state index >= 15 is 0 Å². The van der Waals surface area contributed by atoms with Crippen LogP contribution in [0.4, 0.5) is 11.4 Å². The number of nitrogens with two attached hydrogens (primary N) is 2. The van der Waals surface area contributed by atoms with Gasteiger partial charge in [0.25, 0.3) is 0 Å². The van der Waals surface area contributed by atoms with Crippen LogP contribution in [0.5, 0.6) is 5.75 Å². The van der Waals surface area contributed by atoms with Crippen molar-refractivity contribution in [1.82, 2.24) is 4.90 Å². The molecule has 0 atom stereocenters. The van der Waals surface area contributed by atoms with Crippen LogP contribution in [0.2, 0.25) is 0 Å². The van der Waals surface area contributed by atoms with E-state index in [0.29, 0.717) is 18.0 Å². The number of benzene rings is 1. The molecule has 7 heteroatoms. The van der Waals surface area contributed by atoms with Gasteiger partial charge in [0.15, 0.2) is 0 Å². The quantitative estimate of drug-likeness (QED) is 0.587. The van der Waals surface area contributed by atoms with Gasteiger partial charge in [0.05, 0.1) is 12.3 Å². The Bertz CT molecular complexity index is 350. The summed E-state index contributed by atoms with van der Waals surface area (Å²) in [6.07, 6.45) is 1.01. The summed E-state index contributed by atoms with van der Waals surface area (Å²) in [7, 11) is 0. The molecule has 0 heterocycles. The molecule has 0 saturated carbocycles. The summed E-state index contributed by atoms with van der Waals surface area (Å²) >= 11 is 0. The molecule has 4 N–H and O–H groups in total. The Morgan fingerprint density at radius 1 is 1.05 bits per heavy atom. The van der Waals surface area contributed by atoms with E-state index in [9.17, 15) is 0 Å². The predicted octanol–water partition coefficient (Wildman–Crippen LogP) is 3.23. The standard InChI is InChI=1S/C13H23N3O.3ClH/c1-3-16(4-2)8-5-9-17-13-7-6-11(14)10-12(13)15;;;/h6-7,10H,3-5,8-9,14-15H2,1-2H3;3*1H. The molecule has 1 rings (SSSR count). The summed E-state index contributed by atoms with van der Waals surface area (Å²) in [6.45, 7) is 8.25. The van der Waals surface area contributed by atoms with Crippen molar-refractivity contribution < 1.29 is 4.74 Å². The third-order valence-electron chi connectivity index (χ3n) is 2.80. The Labute approximate surface area is 140 Å². The normalized spacial score (nSPS) is 9.15. The fourth-order valence-electron chi connectivity index (χ4n) is 1.71. The molecule has 0 saturated heterocycles. The minimum atomic E-state index is 0. The van der Waals surface area contributed by atoms with Crippen molar-refractivity contribution >= 4 is 48.6 Å². The van der Waals surface area contributed by atoms with E-state index in [2.05, 4.69) is 18.7 Å². The lowest BCUT2D eigenvalue weighted by atomic mass is 10.2. The second-order valence-corrected chi connectivity index (χ2v) is 4.03. The third kappa shape index (κ3) is 8.59. The van der Waals surface area contributed by atoms with Gasteiger partial charge in [-0.25, -0.2) is 0 Å². The summed E-state index contributed by atoms with van der Waals surface area (Å²) in [6, 6.07) is 5.35. The number of nitrogen functional groups attached to an aromatic ring is 2. The zero-order chi connectivity index (χ0) is 12.7. The highest BCUT2D eigenvalue weighted by atomic mass is 35.5. The number of nitrogens with zero attached hydrogens (tertiary/aromatic N) is 1. The van der Waals surface area contributed by atoms with Gasteiger partial charge < -0.3 is 21.1 Å². The highest BCUT2D eigenvalue weighted by molar-refractivity contribution is 5.86. The average molecular weight is 347 g/mol. The number of rotatable bonds is 7. The molecule has 0 aromatic heterocycles. The lowest BCUT2D eigenvalue weighted by molar-refractivity contribution is 0.250. The highest BCUT2D eigenvalue weighted by Gasteiger charge is 2.02. The molecule has 20 heavy (non-hydrogen) atoms. The molecule has 0 aliphatic rings. The summed E-state index contributed by atoms with van der Waals surface area (Å²) in [5.41, 5.74) is 12.7. The van der Waals surface area contributed by atoms with Gasteiger partial charge in [-0.05, 0) is 37.7 Å². The topological polar surface area (TPSA) is 64.5 Å². The molecule has 0 bridgehead atoms. The van der Waals surface area contributed by atoms with E-state index in [1.165, 1.54) is 0 Å². The van der Waals surface area contributed by atoms with Crippen LogP contribution in [0.1, 0.15) is 20.3 Å². The van der Waals surface area contributed by atoms with Crippen molar-refractivity contribution in [3.63, 3.8) is 0 Å². The summed E-state index contributed by atoms with van der Waals surface area (Å²) in [4.78, 5) is 2.37. The molecule has 120 valence electrons. The average Bonchev–Trinajstić information content (AvgIpc) is 2.32. The Morgan fingerprint density at radius 3 is 2.15 bits per heavy atom. The maximum Gasteiger partial charge on any atom is 0.142 e. The Kier molecular flexibility index (Phi) is 16.4. The smallest absolute Gasteiger partial charge is 0.142 e. The van der Waals surface area contributed by atoms with Crippen LogP contribution in [0, 0.1) is 0 Å². The second kappa shape index (κ2) is 13.4. The monoisotopic (exact) mass is 345 g/mol. The zero-order valence-corrected chi connectivity index (χ0v) is 14.5. The van der Waals surface area contributed by atoms with E-state index < -0.39 is 0 Å². The maximum absolute atomic E-state index is 5.80. The van der Waals surface area contributed by atoms with E-state index in [-0.39, 0.29) is 37.2 Å². The molecule has 1 aromatic carbocycles. The Balaban J connectivity index is -0.000000963. The van der Waals surface area contributed by atoms with Crippen LogP contribution in [-0.2, 0) is 0 Å². The third-order valence-corrected chi connectivity index (χ3v) is 2.80. The van der Waals surface area contributed by atoms with Crippen molar-refractivity contribution in [2.45, 2.75) is 20.3 Å². The van der Waals surface area contributed by atoms with Crippen molar-refractivity contribution in [1.29, 1.82) is 0 Å². The molecule has 0 amide bonds. The van der Waals surface area contributed by atoms with E-state index in [1.54, 1.807) is 12.1 Å². The molecule has 1 aromatic rings. The van der Waals surface area contributed by atoms with Gasteiger partial charge >= 0.3 is 0 Å². The summed E-state index contributed by atoms with van der Waals surface area (Å²) in [5, 5.41) is 0. The van der Waals surface area contributed by atoms with Gasteiger partial charge in [-0.2, -0.15) is 0 Å². The van der Waals surface area contributed by atoms with Crippen LogP contribution in [0.3, 0.4) is 0 Å². The summed E-state index contributed by atoms with van der Waals surface area (Å²) in [5.74, 6) is 0.721. The van der Waals surface area contributed by atoms with E-state index in [1.807, 2.05) is 6.07 Å². The number of halogens is 3. The molecule has 0 aliphatic carbocycles. The zero-order valence-electron chi connectivity index (χ0n) is 12.0. The first-order valence-corrected chi connectivity index (χ1v) is 6.17. The van der Waals surface area contributed by atoms with Crippen LogP contribution in [0.25, 0.3) is 0 Å². The molecule has 0 radical (unpaired) electrons. The minimum Gasteiger partial charge on any atom is -0.491 e. The Hall–Kier alpha value is -0.550. The van der Waals surface area contributed by atoms with E-state index in [0.717, 1.165) is 31.8 Å². The first-order valence-electron chi connectivity index (χ1n) is 6.17. The van der Waals surface area contributed by atoms with Crippen molar-refractivity contribution in [3.8, 4) is 5.75 Å². The fourth-order valence-corrected chi connectivity index (χ4v) is 1.71. The summed E-state index contributed by atoms with van der Waals surface area (Å²) < 4.78 is 5.62. The van der Waals surface area contributed by atoms with Gasteiger partial charge in [0, 0.05) is 12.2 Å². The molecule has 0 spiro atoms. The second-order valence-electron chi connectivity index (χ2n) is 4.03. The number of anilines is 2. The van der Waals surface area contributed by atoms with Gasteiger partial charge in [0.1, 0.15) is 5.75 Å². The molecule has 0 aliphatic heterocycles. The highest BCUT2D eigenvalue weighted by Crippen LogP contribution is 2.23. The van der Waals surface area contributed by atoms with Gasteiger partial charge in [-0.15, -0.1) is 37.2 Å². The fraction of sp³-hybridized carbons (Fsp3) is 0.538. The Morgan fingerprint density at radius 2 is 1.65 bits per heavy atom. The molecular formula is C13H26Cl3N3O. The first-order chi connectivity index (χ1) is 8.17. The molecule has 0 fully saturated rings. The van der Waals surface area contributed by atoms with Gasteiger partial charge in [-0.1, -0.05) is 13.8 Å². The first kappa shape index (κ1) is 24.5. The number of ether oxygens (including phenoxy) is 1. The van der Waals surface area contributed by atoms with Gasteiger partial charge in [-0.3, -0.25) is 0 Å². The lowest BCUT2D eigenvalue weighted by Gasteiger charge is -2.18. The number of hydrogen-bond donors (Lipinski definition) is 2. The van der Waals surface area contributed by atoms with Gasteiger partial charge in [0.2, 0.25) is 0 Å². The van der Waals surface area contributed by atoms with Crippen molar-refractivity contribution in [3.05, 3.63) is 18.2 Å². The number of hydrogen-bond acceptors (Lipinski definition) is 4. The molecule has 0 unspecified atom stereocenters. The van der Waals surface area contributed by atoms with Crippen molar-refractivity contribution in [2.24, 2.45) is 0 Å². The van der Waals surface area contributed by atoms with Crippen molar-refractivity contribution in [2.75, 3.05) is 37.7 Å². The van der Waals surface area contributed by atoms with Crippen LogP contribution >= 0.6 is 37.2 Å². The minimum absolute atomic E-state index is 0. The molecular weight excluding hydrogens is 321 g/mol. The predicted molar refractivity (Wildman–Crippen MR) is 94.9 cm³/mol. The van der Waals surface area contributed by atoms with Crippen LogP contribution in [-0.4, -0.2) is 31.1 Å². The van der Waals surface area contributed by atoms with E-state index in [4.69, 9.17) is 16.2 Å². The molecule has 4 nitrogen and oxygen atoms in total. The largest absolute Gasteiger partial charge is 0.491 e. The SMILES string of the molecule is CCN(CC)CCCOc1ccc(N)cc1N.Cl.Cl.Cl. The maximum atomic E-state index is 5.80. The van der Waals surface area contributed by atoms with Crippen LogP contribution < -0.4 is 16.2 Å². The van der Waals surface area contributed by atoms with Crippen LogP contribution in [0.15, 0.2) is 18.2 Å². The lowest BCUT2D eigenvalue weighted by Crippen LogP contribution is -2.25.